The van der Waals surface area contributed by atoms with Crippen LogP contribution in [0, 0.1) is 12.3 Å². The van der Waals surface area contributed by atoms with E-state index in [-0.39, 0.29) is 5.88 Å². The zero-order valence-electron chi connectivity index (χ0n) is 6.15. The molecular formula is C8H6N2O2. The first-order valence-electron chi connectivity index (χ1n) is 3.12. The van der Waals surface area contributed by atoms with Crippen molar-refractivity contribution in [3.63, 3.8) is 0 Å². The normalized spacial score (nSPS) is 8.58. The summed E-state index contributed by atoms with van der Waals surface area (Å²) in [6.07, 6.45) is 5.63. The minimum absolute atomic E-state index is 0.109. The Kier molecular flexibility index (Phi) is 2.29. The Hall–Kier alpha value is -2.02. The van der Waals surface area contributed by atoms with Crippen molar-refractivity contribution in [1.29, 1.82) is 0 Å². The highest BCUT2D eigenvalue weighted by Gasteiger charge is 1.99. The predicted molar refractivity (Wildman–Crippen MR) is 42.4 cm³/mol. The van der Waals surface area contributed by atoms with Gasteiger partial charge in [-0.1, -0.05) is 5.92 Å². The van der Waals surface area contributed by atoms with Crippen LogP contribution in [0.4, 0.5) is 4.79 Å². The third-order valence-corrected chi connectivity index (χ3v) is 1.11. The molecule has 1 aromatic rings. The lowest BCUT2D eigenvalue weighted by molar-refractivity contribution is 0.209. The van der Waals surface area contributed by atoms with Gasteiger partial charge in [-0.15, -0.1) is 6.42 Å². The van der Waals surface area contributed by atoms with Gasteiger partial charge in [-0.2, -0.15) is 0 Å². The highest BCUT2D eigenvalue weighted by molar-refractivity contribution is 5.67. The monoisotopic (exact) mass is 162 g/mol. The Balaban J connectivity index is 2.88. The van der Waals surface area contributed by atoms with Crippen LogP contribution in [0.25, 0.3) is 0 Å². The van der Waals surface area contributed by atoms with Crippen LogP contribution in [0.15, 0.2) is 18.3 Å². The quantitative estimate of drug-likeness (QED) is 0.612. The van der Waals surface area contributed by atoms with Gasteiger partial charge in [0, 0.05) is 17.8 Å². The van der Waals surface area contributed by atoms with Gasteiger partial charge in [-0.25, -0.2) is 9.78 Å². The second-order valence-electron chi connectivity index (χ2n) is 1.95. The molecule has 60 valence electrons. The molecule has 1 rings (SSSR count). The Morgan fingerprint density at radius 1 is 1.75 bits per heavy atom. The Morgan fingerprint density at radius 3 is 3.08 bits per heavy atom. The number of aromatic nitrogens is 1. The van der Waals surface area contributed by atoms with Crippen LogP contribution in [-0.4, -0.2) is 11.1 Å². The SMILES string of the molecule is C#Cc1ccnc(OC(N)=O)c1. The fourth-order valence-corrected chi connectivity index (χ4v) is 0.658. The fraction of sp³-hybridized carbons (Fsp3) is 0. The summed E-state index contributed by atoms with van der Waals surface area (Å²) in [4.78, 5) is 14.0. The molecular weight excluding hydrogens is 156 g/mol. The molecule has 0 saturated carbocycles. The summed E-state index contributed by atoms with van der Waals surface area (Å²) in [6.45, 7) is 0. The molecule has 1 aromatic heterocycles. The maximum absolute atomic E-state index is 10.3. The van der Waals surface area contributed by atoms with Gasteiger partial charge in [-0.05, 0) is 6.07 Å². The van der Waals surface area contributed by atoms with E-state index < -0.39 is 6.09 Å². The van der Waals surface area contributed by atoms with Gasteiger partial charge >= 0.3 is 6.09 Å². The summed E-state index contributed by atoms with van der Waals surface area (Å²) in [6, 6.07) is 3.07. The number of terminal acetylenes is 1. The van der Waals surface area contributed by atoms with Crippen LogP contribution in [0.2, 0.25) is 0 Å². The van der Waals surface area contributed by atoms with Gasteiger partial charge in [-0.3, -0.25) is 0 Å². The van der Waals surface area contributed by atoms with Crippen LogP contribution in [0.5, 0.6) is 5.88 Å². The van der Waals surface area contributed by atoms with Crippen molar-refractivity contribution < 1.29 is 9.53 Å². The Labute approximate surface area is 69.4 Å². The molecule has 0 radical (unpaired) electrons. The van der Waals surface area contributed by atoms with Crippen molar-refractivity contribution in [3.05, 3.63) is 23.9 Å². The average Bonchev–Trinajstić information content (AvgIpc) is 2.03. The molecule has 0 fully saturated rings. The van der Waals surface area contributed by atoms with E-state index in [1.807, 2.05) is 0 Å². The van der Waals surface area contributed by atoms with Gasteiger partial charge in [0.25, 0.3) is 0 Å². The van der Waals surface area contributed by atoms with Gasteiger partial charge in [0.15, 0.2) is 0 Å². The van der Waals surface area contributed by atoms with E-state index >= 15 is 0 Å². The number of ether oxygens (including phenoxy) is 1. The van der Waals surface area contributed by atoms with Crippen molar-refractivity contribution >= 4 is 6.09 Å². The van der Waals surface area contributed by atoms with E-state index in [0.29, 0.717) is 5.56 Å². The number of hydrogen-bond donors (Lipinski definition) is 1. The molecule has 0 aromatic carbocycles. The molecule has 0 atom stereocenters. The molecule has 0 aliphatic heterocycles. The number of carbonyl (C=O) groups is 1. The summed E-state index contributed by atoms with van der Waals surface area (Å²) in [5.41, 5.74) is 5.35. The molecule has 0 bridgehead atoms. The van der Waals surface area contributed by atoms with Crippen molar-refractivity contribution in [2.24, 2.45) is 5.73 Å². The molecule has 4 heteroatoms. The van der Waals surface area contributed by atoms with Crippen LogP contribution >= 0.6 is 0 Å². The van der Waals surface area contributed by atoms with Crippen molar-refractivity contribution in [1.82, 2.24) is 4.98 Å². The molecule has 12 heavy (non-hydrogen) atoms. The van der Waals surface area contributed by atoms with Gasteiger partial charge in [0.05, 0.1) is 0 Å². The highest BCUT2D eigenvalue weighted by atomic mass is 16.6. The molecule has 0 saturated heterocycles. The molecule has 1 amide bonds. The van der Waals surface area contributed by atoms with Crippen LogP contribution < -0.4 is 10.5 Å². The summed E-state index contributed by atoms with van der Waals surface area (Å²) in [7, 11) is 0. The lowest BCUT2D eigenvalue weighted by Crippen LogP contribution is -2.16. The molecule has 0 aliphatic rings. The van der Waals surface area contributed by atoms with Crippen LogP contribution in [-0.2, 0) is 0 Å². The fourth-order valence-electron chi connectivity index (χ4n) is 0.658. The first-order chi connectivity index (χ1) is 5.72. The highest BCUT2D eigenvalue weighted by Crippen LogP contribution is 2.07. The van der Waals surface area contributed by atoms with E-state index in [0.717, 1.165) is 0 Å². The van der Waals surface area contributed by atoms with Gasteiger partial charge in [0.1, 0.15) is 0 Å². The second-order valence-corrected chi connectivity index (χ2v) is 1.95. The smallest absolute Gasteiger partial charge is 0.391 e. The van der Waals surface area contributed by atoms with Crippen LogP contribution in [0.3, 0.4) is 0 Å². The van der Waals surface area contributed by atoms with Crippen molar-refractivity contribution in [2.45, 2.75) is 0 Å². The molecule has 0 spiro atoms. The second kappa shape index (κ2) is 3.39. The molecule has 1 heterocycles. The average molecular weight is 162 g/mol. The lowest BCUT2D eigenvalue weighted by atomic mass is 10.3. The minimum atomic E-state index is -0.906. The predicted octanol–water partition coefficient (Wildman–Crippen LogP) is 0.520. The first-order valence-corrected chi connectivity index (χ1v) is 3.12. The molecule has 4 nitrogen and oxygen atoms in total. The van der Waals surface area contributed by atoms with E-state index in [9.17, 15) is 4.79 Å². The number of carbonyl (C=O) groups excluding carboxylic acids is 1. The van der Waals surface area contributed by atoms with E-state index in [1.54, 1.807) is 6.07 Å². The molecule has 0 unspecified atom stereocenters. The minimum Gasteiger partial charge on any atom is -0.391 e. The summed E-state index contributed by atoms with van der Waals surface area (Å²) < 4.78 is 4.49. The Morgan fingerprint density at radius 2 is 2.50 bits per heavy atom. The zero-order valence-corrected chi connectivity index (χ0v) is 6.15. The summed E-state index contributed by atoms with van der Waals surface area (Å²) in [5, 5.41) is 0. The van der Waals surface area contributed by atoms with Gasteiger partial charge < -0.3 is 10.5 Å². The molecule has 2 N–H and O–H groups in total. The van der Waals surface area contributed by atoms with E-state index in [2.05, 4.69) is 15.6 Å². The number of nitrogens with two attached hydrogens (primary N) is 1. The number of rotatable bonds is 1. The number of hydrogen-bond acceptors (Lipinski definition) is 3. The van der Waals surface area contributed by atoms with Gasteiger partial charge in [0.2, 0.25) is 5.88 Å². The third-order valence-electron chi connectivity index (χ3n) is 1.11. The molecule has 0 aliphatic carbocycles. The van der Waals surface area contributed by atoms with Crippen LogP contribution in [0.1, 0.15) is 5.56 Å². The zero-order chi connectivity index (χ0) is 8.97. The first kappa shape index (κ1) is 8.08. The largest absolute Gasteiger partial charge is 0.411 e. The number of pyridine rings is 1. The van der Waals surface area contributed by atoms with E-state index in [1.165, 1.54) is 12.3 Å². The number of nitrogens with zero attached hydrogens (tertiary/aromatic N) is 1. The maximum atomic E-state index is 10.3. The summed E-state index contributed by atoms with van der Waals surface area (Å²) in [5.74, 6) is 2.48. The third kappa shape index (κ3) is 1.99. The Bertz CT molecular complexity index is 341. The van der Waals surface area contributed by atoms with E-state index in [4.69, 9.17) is 12.2 Å². The number of amides is 1. The maximum Gasteiger partial charge on any atom is 0.411 e. The lowest BCUT2D eigenvalue weighted by Gasteiger charge is -1.98. The summed E-state index contributed by atoms with van der Waals surface area (Å²) >= 11 is 0. The topological polar surface area (TPSA) is 65.2 Å². The standard InChI is InChI=1S/C8H6N2O2/c1-2-6-3-4-10-7(5-6)12-8(9)11/h1,3-5H,(H2,9,11). The number of primary amides is 1. The van der Waals surface area contributed by atoms with Crippen molar-refractivity contribution in [2.75, 3.05) is 0 Å². The van der Waals surface area contributed by atoms with Crippen molar-refractivity contribution in [3.8, 4) is 18.2 Å².